The van der Waals surface area contributed by atoms with E-state index in [9.17, 15) is 14.4 Å². The second-order valence-electron chi connectivity index (χ2n) is 18.8. The molecule has 0 saturated carbocycles. The van der Waals surface area contributed by atoms with Gasteiger partial charge in [0.25, 0.3) is 0 Å². The monoisotopic (exact) mass is 887 g/mol. The van der Waals surface area contributed by atoms with Crippen molar-refractivity contribution in [1.29, 1.82) is 0 Å². The summed E-state index contributed by atoms with van der Waals surface area (Å²) in [4.78, 5) is 37.9. The maximum Gasteiger partial charge on any atom is 0.306 e. The molecule has 6 heteroatoms. The third-order valence-electron chi connectivity index (χ3n) is 12.4. The lowest BCUT2D eigenvalue weighted by Crippen LogP contribution is -2.30. The lowest BCUT2D eigenvalue weighted by molar-refractivity contribution is -0.167. The van der Waals surface area contributed by atoms with E-state index in [1.165, 1.54) is 199 Å². The molecule has 0 spiro atoms. The van der Waals surface area contributed by atoms with Gasteiger partial charge in [-0.2, -0.15) is 0 Å². The van der Waals surface area contributed by atoms with Crippen molar-refractivity contribution in [3.8, 4) is 0 Å². The summed E-state index contributed by atoms with van der Waals surface area (Å²) in [5.41, 5.74) is 0. The van der Waals surface area contributed by atoms with Crippen molar-refractivity contribution in [1.82, 2.24) is 0 Å². The first-order valence-corrected chi connectivity index (χ1v) is 27.8. The van der Waals surface area contributed by atoms with Gasteiger partial charge in [0.1, 0.15) is 13.2 Å². The molecule has 0 rings (SSSR count). The first-order chi connectivity index (χ1) is 31.0. The third kappa shape index (κ3) is 50.7. The van der Waals surface area contributed by atoms with Crippen molar-refractivity contribution >= 4 is 17.9 Å². The molecule has 63 heavy (non-hydrogen) atoms. The number of esters is 3. The van der Waals surface area contributed by atoms with Crippen LogP contribution in [0.3, 0.4) is 0 Å². The molecule has 0 saturated heterocycles. The summed E-state index contributed by atoms with van der Waals surface area (Å²) in [6.07, 6.45) is 60.4. The molecule has 1 atom stereocenters. The van der Waals surface area contributed by atoms with Gasteiger partial charge in [0.05, 0.1) is 0 Å². The molecule has 0 aliphatic carbocycles. The number of allylic oxidation sites excluding steroid dienone is 4. The molecular formula is C57H106O6. The summed E-state index contributed by atoms with van der Waals surface area (Å²) in [6, 6.07) is 0. The van der Waals surface area contributed by atoms with Crippen LogP contribution in [0.2, 0.25) is 0 Å². The molecule has 0 aromatic heterocycles. The quantitative estimate of drug-likeness (QED) is 0.0262. The van der Waals surface area contributed by atoms with E-state index in [1.807, 2.05) is 0 Å². The fourth-order valence-corrected chi connectivity index (χ4v) is 8.20. The van der Waals surface area contributed by atoms with Gasteiger partial charge < -0.3 is 14.2 Å². The van der Waals surface area contributed by atoms with Gasteiger partial charge in [-0.25, -0.2) is 0 Å². The number of hydrogen-bond donors (Lipinski definition) is 0. The second-order valence-corrected chi connectivity index (χ2v) is 18.8. The Morgan fingerprint density at radius 1 is 0.302 bits per heavy atom. The summed E-state index contributed by atoms with van der Waals surface area (Å²) < 4.78 is 16.8. The standard InChI is InChI=1S/C57H106O6/c1-4-7-10-13-16-19-21-23-25-26-27-28-29-30-31-32-33-35-36-38-41-44-47-50-56(59)62-53-54(52-61-55(58)49-46-43-40-18-15-12-9-6-3)63-57(60)51-48-45-42-39-37-34-24-22-20-17-14-11-8-5-2/h22,24,26-27,54H,4-21,23,25,28-53H2,1-3H3/b24-22-,27-26-. The Morgan fingerprint density at radius 2 is 0.524 bits per heavy atom. The van der Waals surface area contributed by atoms with Crippen LogP contribution in [0.4, 0.5) is 0 Å². The normalized spacial score (nSPS) is 12.1. The van der Waals surface area contributed by atoms with Crippen LogP contribution in [0.25, 0.3) is 0 Å². The third-order valence-corrected chi connectivity index (χ3v) is 12.4. The number of hydrogen-bond acceptors (Lipinski definition) is 6. The van der Waals surface area contributed by atoms with Gasteiger partial charge >= 0.3 is 17.9 Å². The van der Waals surface area contributed by atoms with E-state index in [-0.39, 0.29) is 31.1 Å². The van der Waals surface area contributed by atoms with Crippen LogP contribution in [0.5, 0.6) is 0 Å². The average molecular weight is 887 g/mol. The number of rotatable bonds is 51. The Balaban J connectivity index is 4.17. The molecule has 370 valence electrons. The molecule has 0 aliphatic heterocycles. The predicted octanol–water partition coefficient (Wildman–Crippen LogP) is 18.3. The predicted molar refractivity (Wildman–Crippen MR) is 270 cm³/mol. The van der Waals surface area contributed by atoms with Gasteiger partial charge in [-0.05, 0) is 70.6 Å². The van der Waals surface area contributed by atoms with E-state index in [1.54, 1.807) is 0 Å². The summed E-state index contributed by atoms with van der Waals surface area (Å²) >= 11 is 0. The molecule has 6 nitrogen and oxygen atoms in total. The summed E-state index contributed by atoms with van der Waals surface area (Å²) in [5.74, 6) is -0.871. The van der Waals surface area contributed by atoms with Crippen LogP contribution >= 0.6 is 0 Å². The van der Waals surface area contributed by atoms with Crippen molar-refractivity contribution in [3.05, 3.63) is 24.3 Å². The summed E-state index contributed by atoms with van der Waals surface area (Å²) in [5, 5.41) is 0. The van der Waals surface area contributed by atoms with Crippen LogP contribution in [0, 0.1) is 0 Å². The molecular weight excluding hydrogens is 781 g/mol. The largest absolute Gasteiger partial charge is 0.462 e. The molecule has 0 N–H and O–H groups in total. The molecule has 0 fully saturated rings. The highest BCUT2D eigenvalue weighted by molar-refractivity contribution is 5.71. The lowest BCUT2D eigenvalue weighted by Gasteiger charge is -2.18. The molecule has 0 bridgehead atoms. The highest BCUT2D eigenvalue weighted by Gasteiger charge is 2.19. The molecule has 0 aromatic carbocycles. The highest BCUT2D eigenvalue weighted by Crippen LogP contribution is 2.16. The molecule has 1 unspecified atom stereocenters. The number of carbonyl (C=O) groups is 3. The summed E-state index contributed by atoms with van der Waals surface area (Å²) in [7, 11) is 0. The van der Waals surface area contributed by atoms with Crippen molar-refractivity contribution in [2.45, 2.75) is 309 Å². The van der Waals surface area contributed by atoms with Crippen LogP contribution in [-0.4, -0.2) is 37.2 Å². The van der Waals surface area contributed by atoms with E-state index in [0.717, 1.165) is 64.2 Å². The van der Waals surface area contributed by atoms with Gasteiger partial charge in [0.2, 0.25) is 0 Å². The molecule has 0 amide bonds. The molecule has 0 radical (unpaired) electrons. The minimum Gasteiger partial charge on any atom is -0.462 e. The maximum atomic E-state index is 12.8. The zero-order chi connectivity index (χ0) is 45.8. The van der Waals surface area contributed by atoms with Gasteiger partial charge in [0.15, 0.2) is 6.10 Å². The van der Waals surface area contributed by atoms with Crippen molar-refractivity contribution in [2.75, 3.05) is 13.2 Å². The lowest BCUT2D eigenvalue weighted by atomic mass is 10.0. The average Bonchev–Trinajstić information content (AvgIpc) is 3.28. The smallest absolute Gasteiger partial charge is 0.306 e. The van der Waals surface area contributed by atoms with E-state index in [2.05, 4.69) is 45.1 Å². The molecule has 0 aromatic rings. The van der Waals surface area contributed by atoms with Crippen molar-refractivity contribution in [2.24, 2.45) is 0 Å². The van der Waals surface area contributed by atoms with E-state index in [0.29, 0.717) is 19.3 Å². The van der Waals surface area contributed by atoms with E-state index < -0.39 is 6.10 Å². The number of carbonyl (C=O) groups excluding carboxylic acids is 3. The maximum absolute atomic E-state index is 12.8. The Kier molecular flexibility index (Phi) is 50.8. The van der Waals surface area contributed by atoms with Gasteiger partial charge in [-0.15, -0.1) is 0 Å². The van der Waals surface area contributed by atoms with Crippen LogP contribution < -0.4 is 0 Å². The fourth-order valence-electron chi connectivity index (χ4n) is 8.20. The Morgan fingerprint density at radius 3 is 0.794 bits per heavy atom. The Bertz CT molecular complexity index is 1020. The van der Waals surface area contributed by atoms with Crippen molar-refractivity contribution in [3.63, 3.8) is 0 Å². The second kappa shape index (κ2) is 52.5. The fraction of sp³-hybridized carbons (Fsp3) is 0.877. The van der Waals surface area contributed by atoms with Crippen LogP contribution in [0.1, 0.15) is 303 Å². The van der Waals surface area contributed by atoms with Gasteiger partial charge in [0, 0.05) is 19.3 Å². The van der Waals surface area contributed by atoms with Crippen LogP contribution in [-0.2, 0) is 28.6 Å². The van der Waals surface area contributed by atoms with E-state index >= 15 is 0 Å². The minimum atomic E-state index is -0.770. The van der Waals surface area contributed by atoms with Crippen LogP contribution in [0.15, 0.2) is 24.3 Å². The van der Waals surface area contributed by atoms with Gasteiger partial charge in [-0.3, -0.25) is 14.4 Å². The first kappa shape index (κ1) is 60.9. The van der Waals surface area contributed by atoms with E-state index in [4.69, 9.17) is 14.2 Å². The zero-order valence-electron chi connectivity index (χ0n) is 42.4. The zero-order valence-corrected chi connectivity index (χ0v) is 42.4. The molecule has 0 aliphatic rings. The first-order valence-electron chi connectivity index (χ1n) is 27.8. The SMILES string of the molecule is CCCCCCC/C=C\CCCCCCCC(=O)OC(COC(=O)CCCCCCCCCC)COC(=O)CCCCCCCCCCCCC/C=C\CCCCCCCCCC. The Hall–Kier alpha value is -2.11. The van der Waals surface area contributed by atoms with Gasteiger partial charge in [-0.1, -0.05) is 238 Å². The number of unbranched alkanes of at least 4 members (excludes halogenated alkanes) is 36. The number of ether oxygens (including phenoxy) is 3. The molecule has 0 heterocycles. The Labute approximate surface area is 392 Å². The van der Waals surface area contributed by atoms with Crippen molar-refractivity contribution < 1.29 is 28.6 Å². The highest BCUT2D eigenvalue weighted by atomic mass is 16.6. The minimum absolute atomic E-state index is 0.0715. The topological polar surface area (TPSA) is 78.9 Å². The summed E-state index contributed by atoms with van der Waals surface area (Å²) in [6.45, 7) is 6.62.